The average molecular weight is 223 g/mol. The van der Waals surface area contributed by atoms with Crippen molar-refractivity contribution >= 4 is 0 Å². The van der Waals surface area contributed by atoms with E-state index in [2.05, 4.69) is 5.32 Å². The van der Waals surface area contributed by atoms with Gasteiger partial charge in [-0.25, -0.2) is 4.39 Å². The molecule has 16 heavy (non-hydrogen) atoms. The number of fused-ring (bicyclic) bond motifs is 1. The van der Waals surface area contributed by atoms with Gasteiger partial charge < -0.3 is 10.1 Å². The lowest BCUT2D eigenvalue weighted by Crippen LogP contribution is -2.29. The molecule has 3 heteroatoms. The number of hydrogen-bond acceptors (Lipinski definition) is 2. The molecule has 0 radical (unpaired) electrons. The highest BCUT2D eigenvalue weighted by Gasteiger charge is 2.26. The molecular weight excluding hydrogens is 205 g/mol. The summed E-state index contributed by atoms with van der Waals surface area (Å²) < 4.78 is 19.8. The maximum atomic E-state index is 14.3. The molecule has 0 saturated heterocycles. The third-order valence-corrected chi connectivity index (χ3v) is 3.03. The van der Waals surface area contributed by atoms with Crippen molar-refractivity contribution in [2.24, 2.45) is 0 Å². The molecule has 1 heterocycles. The van der Waals surface area contributed by atoms with Gasteiger partial charge in [0, 0.05) is 6.54 Å². The van der Waals surface area contributed by atoms with Crippen LogP contribution in [0.25, 0.3) is 0 Å². The molecule has 0 aromatic heterocycles. The van der Waals surface area contributed by atoms with Crippen LogP contribution in [0.15, 0.2) is 18.2 Å². The summed E-state index contributed by atoms with van der Waals surface area (Å²) >= 11 is 0. The van der Waals surface area contributed by atoms with Crippen LogP contribution in [0, 0.1) is 0 Å². The van der Waals surface area contributed by atoms with Crippen molar-refractivity contribution in [1.29, 1.82) is 0 Å². The zero-order chi connectivity index (χ0) is 11.6. The molecule has 2 rings (SSSR count). The van der Waals surface area contributed by atoms with Gasteiger partial charge in [-0.3, -0.25) is 0 Å². The van der Waals surface area contributed by atoms with Crippen LogP contribution in [0.4, 0.5) is 4.39 Å². The zero-order valence-corrected chi connectivity index (χ0v) is 9.85. The second-order valence-electron chi connectivity index (χ2n) is 4.50. The molecule has 1 unspecified atom stereocenters. The Bertz CT molecular complexity index is 376. The van der Waals surface area contributed by atoms with Crippen LogP contribution in [0.5, 0.6) is 5.75 Å². The number of hydrogen-bond donors (Lipinski definition) is 1. The van der Waals surface area contributed by atoms with E-state index >= 15 is 0 Å². The van der Waals surface area contributed by atoms with Gasteiger partial charge in [0.05, 0.1) is 6.61 Å². The van der Waals surface area contributed by atoms with Gasteiger partial charge in [-0.05, 0) is 44.0 Å². The van der Waals surface area contributed by atoms with Gasteiger partial charge in [0.25, 0.3) is 0 Å². The Morgan fingerprint density at radius 2 is 2.31 bits per heavy atom. The van der Waals surface area contributed by atoms with Crippen LogP contribution in [-0.4, -0.2) is 20.2 Å². The number of likely N-dealkylation sites (N-methyl/N-ethyl adjacent to an activating group) is 1. The number of benzene rings is 1. The summed E-state index contributed by atoms with van der Waals surface area (Å²) in [6, 6.07) is 5.69. The van der Waals surface area contributed by atoms with E-state index in [1.165, 1.54) is 5.56 Å². The largest absolute Gasteiger partial charge is 0.493 e. The van der Waals surface area contributed by atoms with E-state index < -0.39 is 5.67 Å². The van der Waals surface area contributed by atoms with E-state index in [1.54, 1.807) is 14.0 Å². The van der Waals surface area contributed by atoms with E-state index in [9.17, 15) is 4.39 Å². The monoisotopic (exact) mass is 223 g/mol. The summed E-state index contributed by atoms with van der Waals surface area (Å²) in [6.45, 7) is 2.64. The summed E-state index contributed by atoms with van der Waals surface area (Å²) in [5.74, 6) is 0.851. The van der Waals surface area contributed by atoms with Crippen LogP contribution >= 0.6 is 0 Å². The maximum Gasteiger partial charge on any atom is 0.145 e. The van der Waals surface area contributed by atoms with Crippen molar-refractivity contribution in [3.05, 3.63) is 29.3 Å². The molecule has 1 aliphatic heterocycles. The standard InChI is InChI=1S/C13H18FNO/c1-13(14,9-15-2)11-6-5-10-4-3-7-16-12(10)8-11/h5-6,8,15H,3-4,7,9H2,1-2H3. The minimum atomic E-state index is -1.34. The first-order valence-electron chi connectivity index (χ1n) is 5.73. The molecule has 0 aliphatic carbocycles. The van der Waals surface area contributed by atoms with Crippen molar-refractivity contribution < 1.29 is 9.13 Å². The molecule has 88 valence electrons. The molecule has 1 N–H and O–H groups in total. The first-order valence-corrected chi connectivity index (χ1v) is 5.73. The molecular formula is C13H18FNO. The fourth-order valence-electron chi connectivity index (χ4n) is 2.10. The highest BCUT2D eigenvalue weighted by atomic mass is 19.1. The molecule has 1 atom stereocenters. The molecule has 1 aromatic carbocycles. The molecule has 0 saturated carbocycles. The second kappa shape index (κ2) is 4.42. The first kappa shape index (κ1) is 11.4. The van der Waals surface area contributed by atoms with E-state index in [0.29, 0.717) is 12.1 Å². The number of rotatable bonds is 3. The highest BCUT2D eigenvalue weighted by molar-refractivity contribution is 5.40. The zero-order valence-electron chi connectivity index (χ0n) is 9.85. The fourth-order valence-corrected chi connectivity index (χ4v) is 2.10. The topological polar surface area (TPSA) is 21.3 Å². The Morgan fingerprint density at radius 3 is 3.06 bits per heavy atom. The Morgan fingerprint density at radius 1 is 1.50 bits per heavy atom. The van der Waals surface area contributed by atoms with Crippen molar-refractivity contribution in [1.82, 2.24) is 5.32 Å². The van der Waals surface area contributed by atoms with Gasteiger partial charge in [0.2, 0.25) is 0 Å². The minimum Gasteiger partial charge on any atom is -0.493 e. The molecule has 1 aromatic rings. The van der Waals surface area contributed by atoms with Crippen LogP contribution in [0.2, 0.25) is 0 Å². The summed E-state index contributed by atoms with van der Waals surface area (Å²) in [5.41, 5.74) is 0.530. The van der Waals surface area contributed by atoms with E-state index in [-0.39, 0.29) is 0 Å². The SMILES string of the molecule is CNCC(C)(F)c1ccc2c(c1)OCCC2. The normalized spacial score (nSPS) is 18.4. The van der Waals surface area contributed by atoms with Gasteiger partial charge in [0.1, 0.15) is 11.4 Å². The summed E-state index contributed by atoms with van der Waals surface area (Å²) in [4.78, 5) is 0. The van der Waals surface area contributed by atoms with Gasteiger partial charge >= 0.3 is 0 Å². The Kier molecular flexibility index (Phi) is 3.15. The Labute approximate surface area is 95.8 Å². The quantitative estimate of drug-likeness (QED) is 0.849. The molecule has 0 fully saturated rings. The lowest BCUT2D eigenvalue weighted by atomic mass is 9.94. The number of halogens is 1. The first-order chi connectivity index (χ1) is 7.63. The highest BCUT2D eigenvalue weighted by Crippen LogP contribution is 2.32. The van der Waals surface area contributed by atoms with Crippen LogP contribution < -0.4 is 10.1 Å². The number of alkyl halides is 1. The third-order valence-electron chi connectivity index (χ3n) is 3.03. The number of ether oxygens (including phenoxy) is 1. The molecule has 2 nitrogen and oxygen atoms in total. The summed E-state index contributed by atoms with van der Waals surface area (Å²) in [6.07, 6.45) is 2.08. The average Bonchev–Trinajstić information content (AvgIpc) is 2.28. The molecule has 0 amide bonds. The van der Waals surface area contributed by atoms with E-state index in [0.717, 1.165) is 25.2 Å². The van der Waals surface area contributed by atoms with Gasteiger partial charge in [-0.1, -0.05) is 12.1 Å². The molecule has 0 spiro atoms. The second-order valence-corrected chi connectivity index (χ2v) is 4.50. The predicted octanol–water partition coefficient (Wildman–Crippen LogP) is 2.42. The molecule has 0 bridgehead atoms. The van der Waals surface area contributed by atoms with Crippen LogP contribution in [0.3, 0.4) is 0 Å². The summed E-state index contributed by atoms with van der Waals surface area (Å²) in [7, 11) is 1.76. The Hall–Kier alpha value is -1.09. The van der Waals surface area contributed by atoms with E-state index in [4.69, 9.17) is 4.74 Å². The Balaban J connectivity index is 2.29. The lowest BCUT2D eigenvalue weighted by molar-refractivity contribution is 0.189. The lowest BCUT2D eigenvalue weighted by Gasteiger charge is -2.24. The van der Waals surface area contributed by atoms with E-state index in [1.807, 2.05) is 18.2 Å². The van der Waals surface area contributed by atoms with Crippen molar-refractivity contribution in [2.75, 3.05) is 20.2 Å². The van der Waals surface area contributed by atoms with Gasteiger partial charge in [-0.15, -0.1) is 0 Å². The van der Waals surface area contributed by atoms with Gasteiger partial charge in [-0.2, -0.15) is 0 Å². The molecule has 1 aliphatic rings. The number of aryl methyl sites for hydroxylation is 1. The maximum absolute atomic E-state index is 14.3. The summed E-state index contributed by atoms with van der Waals surface area (Å²) in [5, 5.41) is 2.87. The van der Waals surface area contributed by atoms with Crippen LogP contribution in [-0.2, 0) is 12.1 Å². The minimum absolute atomic E-state index is 0.311. The van der Waals surface area contributed by atoms with Crippen molar-refractivity contribution in [2.45, 2.75) is 25.4 Å². The third kappa shape index (κ3) is 2.19. The van der Waals surface area contributed by atoms with Gasteiger partial charge in [0.15, 0.2) is 0 Å². The van der Waals surface area contributed by atoms with Crippen molar-refractivity contribution in [3.63, 3.8) is 0 Å². The predicted molar refractivity (Wildman–Crippen MR) is 62.6 cm³/mol. The number of nitrogens with one attached hydrogen (secondary N) is 1. The van der Waals surface area contributed by atoms with Crippen LogP contribution in [0.1, 0.15) is 24.5 Å². The van der Waals surface area contributed by atoms with Crippen molar-refractivity contribution in [3.8, 4) is 5.75 Å². The fraction of sp³-hybridized carbons (Fsp3) is 0.538. The smallest absolute Gasteiger partial charge is 0.145 e.